The van der Waals surface area contributed by atoms with E-state index >= 15 is 0 Å². The molecule has 1 aliphatic heterocycles. The van der Waals surface area contributed by atoms with Gasteiger partial charge in [-0.05, 0) is 6.42 Å². The van der Waals surface area contributed by atoms with Crippen molar-refractivity contribution in [2.75, 3.05) is 19.8 Å². The fraction of sp³-hybridized carbons (Fsp3) is 1.00. The normalized spacial score (nSPS) is 16.5. The van der Waals surface area contributed by atoms with Crippen LogP contribution in [0.1, 0.15) is 110 Å². The molecule has 1 saturated heterocycles. The molecule has 0 aromatic heterocycles. The van der Waals surface area contributed by atoms with E-state index in [1.54, 1.807) is 0 Å². The number of unbranched alkanes of at least 4 members (excludes halogenated alkanes) is 15. The summed E-state index contributed by atoms with van der Waals surface area (Å²) in [7, 11) is -3.16. The van der Waals surface area contributed by atoms with E-state index in [2.05, 4.69) is 6.92 Å². The predicted molar refractivity (Wildman–Crippen MR) is 105 cm³/mol. The second-order valence-corrected chi connectivity index (χ2v) is 8.92. The topological polar surface area (TPSA) is 44.8 Å². The summed E-state index contributed by atoms with van der Waals surface area (Å²) in [5.41, 5.74) is 0. The number of phosphoric acid groups is 1. The van der Waals surface area contributed by atoms with E-state index in [0.29, 0.717) is 19.8 Å². The van der Waals surface area contributed by atoms with E-state index < -0.39 is 7.82 Å². The van der Waals surface area contributed by atoms with Gasteiger partial charge in [0.1, 0.15) is 0 Å². The summed E-state index contributed by atoms with van der Waals surface area (Å²) in [6.45, 7) is 3.53. The molecule has 0 unspecified atom stereocenters. The van der Waals surface area contributed by atoms with Crippen LogP contribution in [-0.4, -0.2) is 19.8 Å². The lowest BCUT2D eigenvalue weighted by Crippen LogP contribution is -1.93. The zero-order chi connectivity index (χ0) is 18.1. The molecule has 1 fully saturated rings. The fourth-order valence-electron chi connectivity index (χ4n) is 3.24. The molecule has 0 aromatic rings. The molecule has 150 valence electrons. The summed E-state index contributed by atoms with van der Waals surface area (Å²) in [4.78, 5) is 0. The standard InChI is InChI=1S/C20H41O4P/c1-2-3-4-5-6-7-8-9-10-11-12-13-14-15-16-17-18-22-25(21)23-19-20-24-25/h2-20H2,1H3. The molecule has 1 aliphatic rings. The molecule has 1 rings (SSSR count). The molecule has 5 heteroatoms. The van der Waals surface area contributed by atoms with Crippen molar-refractivity contribution in [1.29, 1.82) is 0 Å². The van der Waals surface area contributed by atoms with Crippen molar-refractivity contribution in [2.45, 2.75) is 110 Å². The fourth-order valence-corrected chi connectivity index (χ4v) is 4.41. The molecule has 4 nitrogen and oxygen atoms in total. The molecule has 0 N–H and O–H groups in total. The average Bonchev–Trinajstić information content (AvgIpc) is 3.04. The number of phosphoric ester groups is 1. The Labute approximate surface area is 156 Å². The molecule has 0 aromatic carbocycles. The van der Waals surface area contributed by atoms with Gasteiger partial charge in [0.15, 0.2) is 0 Å². The van der Waals surface area contributed by atoms with Crippen LogP contribution in [0.25, 0.3) is 0 Å². The van der Waals surface area contributed by atoms with Crippen molar-refractivity contribution in [3.05, 3.63) is 0 Å². The second kappa shape index (κ2) is 16.3. The Balaban J connectivity index is 1.69. The first-order chi connectivity index (χ1) is 12.3. The van der Waals surface area contributed by atoms with Crippen molar-refractivity contribution in [3.63, 3.8) is 0 Å². The van der Waals surface area contributed by atoms with Crippen LogP contribution in [0.2, 0.25) is 0 Å². The molecule has 0 aliphatic carbocycles. The number of hydrogen-bond acceptors (Lipinski definition) is 4. The quantitative estimate of drug-likeness (QED) is 0.184. The van der Waals surface area contributed by atoms with E-state index in [1.165, 1.54) is 89.9 Å². The minimum atomic E-state index is -3.16. The van der Waals surface area contributed by atoms with Crippen molar-refractivity contribution < 1.29 is 18.1 Å². The van der Waals surface area contributed by atoms with Gasteiger partial charge in [-0.1, -0.05) is 103 Å². The summed E-state index contributed by atoms with van der Waals surface area (Å²) < 4.78 is 26.9. The maximum Gasteiger partial charge on any atom is 0.474 e. The summed E-state index contributed by atoms with van der Waals surface area (Å²) in [5, 5.41) is 0. The predicted octanol–water partition coefficient (Wildman–Crippen LogP) is 7.42. The average molecular weight is 377 g/mol. The van der Waals surface area contributed by atoms with Gasteiger partial charge in [0.05, 0.1) is 19.8 Å². The minimum absolute atomic E-state index is 0.385. The minimum Gasteiger partial charge on any atom is -0.287 e. The first-order valence-corrected chi connectivity index (χ1v) is 12.3. The van der Waals surface area contributed by atoms with Crippen molar-refractivity contribution in [1.82, 2.24) is 0 Å². The highest BCUT2D eigenvalue weighted by atomic mass is 31.2. The van der Waals surface area contributed by atoms with Gasteiger partial charge in [-0.3, -0.25) is 13.6 Å². The molecular formula is C20H41O4P. The van der Waals surface area contributed by atoms with Gasteiger partial charge in [0, 0.05) is 0 Å². The van der Waals surface area contributed by atoms with Crippen LogP contribution in [0.15, 0.2) is 0 Å². The van der Waals surface area contributed by atoms with E-state index in [1.807, 2.05) is 0 Å². The number of hydrogen-bond donors (Lipinski definition) is 0. The molecule has 0 bridgehead atoms. The van der Waals surface area contributed by atoms with E-state index in [9.17, 15) is 4.57 Å². The third-order valence-corrected chi connectivity index (χ3v) is 6.33. The van der Waals surface area contributed by atoms with Gasteiger partial charge in [0.2, 0.25) is 0 Å². The monoisotopic (exact) mass is 376 g/mol. The molecule has 0 amide bonds. The van der Waals surface area contributed by atoms with Crippen LogP contribution in [0.3, 0.4) is 0 Å². The van der Waals surface area contributed by atoms with E-state index in [0.717, 1.165) is 12.8 Å². The third kappa shape index (κ3) is 13.9. The highest BCUT2D eigenvalue weighted by Gasteiger charge is 2.31. The van der Waals surface area contributed by atoms with E-state index in [4.69, 9.17) is 13.6 Å². The lowest BCUT2D eigenvalue weighted by Gasteiger charge is -2.09. The van der Waals surface area contributed by atoms with Crippen LogP contribution >= 0.6 is 7.82 Å². The zero-order valence-corrected chi connectivity index (χ0v) is 17.4. The van der Waals surface area contributed by atoms with Gasteiger partial charge in [-0.2, -0.15) is 0 Å². The summed E-state index contributed by atoms with van der Waals surface area (Å²) >= 11 is 0. The summed E-state index contributed by atoms with van der Waals surface area (Å²) in [5.74, 6) is 0. The van der Waals surface area contributed by atoms with Crippen LogP contribution in [0.4, 0.5) is 0 Å². The molecule has 0 saturated carbocycles. The first kappa shape index (κ1) is 23.1. The molecule has 0 radical (unpaired) electrons. The smallest absolute Gasteiger partial charge is 0.287 e. The molecule has 0 atom stereocenters. The Morgan fingerprint density at radius 3 is 1.40 bits per heavy atom. The van der Waals surface area contributed by atoms with Gasteiger partial charge in [0.25, 0.3) is 0 Å². The Morgan fingerprint density at radius 2 is 1.00 bits per heavy atom. The van der Waals surface area contributed by atoms with Crippen LogP contribution in [-0.2, 0) is 18.1 Å². The van der Waals surface area contributed by atoms with E-state index in [-0.39, 0.29) is 0 Å². The van der Waals surface area contributed by atoms with Gasteiger partial charge in [-0.15, -0.1) is 0 Å². The maximum absolute atomic E-state index is 11.7. The third-order valence-electron chi connectivity index (χ3n) is 4.83. The van der Waals surface area contributed by atoms with Crippen molar-refractivity contribution in [3.8, 4) is 0 Å². The Hall–Kier alpha value is 0.110. The first-order valence-electron chi connectivity index (χ1n) is 10.8. The number of rotatable bonds is 18. The Kier molecular flexibility index (Phi) is 15.1. The molecule has 0 spiro atoms. The highest BCUT2D eigenvalue weighted by molar-refractivity contribution is 7.48. The van der Waals surface area contributed by atoms with Gasteiger partial charge in [-0.25, -0.2) is 4.57 Å². The molecule has 1 heterocycles. The van der Waals surface area contributed by atoms with Crippen LogP contribution in [0.5, 0.6) is 0 Å². The van der Waals surface area contributed by atoms with Gasteiger partial charge >= 0.3 is 7.82 Å². The highest BCUT2D eigenvalue weighted by Crippen LogP contribution is 2.52. The summed E-state index contributed by atoms with van der Waals surface area (Å²) in [6, 6.07) is 0. The SMILES string of the molecule is CCCCCCCCCCCCCCCCCCOP1(=O)OCCO1. The Morgan fingerprint density at radius 1 is 0.640 bits per heavy atom. The van der Waals surface area contributed by atoms with Crippen LogP contribution in [0, 0.1) is 0 Å². The van der Waals surface area contributed by atoms with Gasteiger partial charge < -0.3 is 0 Å². The summed E-state index contributed by atoms with van der Waals surface area (Å²) in [6.07, 6.45) is 21.5. The largest absolute Gasteiger partial charge is 0.474 e. The van der Waals surface area contributed by atoms with Crippen LogP contribution < -0.4 is 0 Å². The zero-order valence-electron chi connectivity index (χ0n) is 16.5. The lowest BCUT2D eigenvalue weighted by molar-refractivity contribution is 0.187. The van der Waals surface area contributed by atoms with Crippen molar-refractivity contribution in [2.24, 2.45) is 0 Å². The Bertz CT molecular complexity index is 326. The lowest BCUT2D eigenvalue weighted by atomic mass is 10.0. The second-order valence-electron chi connectivity index (χ2n) is 7.25. The maximum atomic E-state index is 11.7. The molecule has 25 heavy (non-hydrogen) atoms. The van der Waals surface area contributed by atoms with Crippen molar-refractivity contribution >= 4 is 7.82 Å². The molecular weight excluding hydrogens is 335 g/mol.